The number of methoxy groups -OCH3 is 1. The van der Waals surface area contributed by atoms with Crippen molar-refractivity contribution in [2.75, 3.05) is 19.0 Å². The highest BCUT2D eigenvalue weighted by atomic mass is 127. The molecule has 4 rings (SSSR count). The Kier molecular flexibility index (Phi) is 8.88. The van der Waals surface area contributed by atoms with Crippen LogP contribution in [0.5, 0.6) is 11.5 Å². The molecule has 1 aliphatic heterocycles. The number of carbonyl (C=O) groups is 3. The molecule has 0 spiro atoms. The van der Waals surface area contributed by atoms with E-state index < -0.39 is 17.1 Å². The van der Waals surface area contributed by atoms with Gasteiger partial charge in [0.15, 0.2) is 11.5 Å². The van der Waals surface area contributed by atoms with Crippen molar-refractivity contribution in [2.24, 2.45) is 0 Å². The third-order valence-electron chi connectivity index (χ3n) is 5.60. The van der Waals surface area contributed by atoms with E-state index in [1.54, 1.807) is 31.4 Å². The van der Waals surface area contributed by atoms with Gasteiger partial charge in [0.25, 0.3) is 11.1 Å². The van der Waals surface area contributed by atoms with E-state index in [1.807, 2.05) is 55.5 Å². The van der Waals surface area contributed by atoms with Gasteiger partial charge in [0.2, 0.25) is 5.91 Å². The predicted octanol–water partition coefficient (Wildman–Crippen LogP) is 6.12. The highest BCUT2D eigenvalue weighted by Gasteiger charge is 2.36. The first-order chi connectivity index (χ1) is 17.9. The van der Waals surface area contributed by atoms with Crippen LogP contribution in [-0.4, -0.2) is 35.6 Å². The summed E-state index contributed by atoms with van der Waals surface area (Å²) in [6.07, 6.45) is 2.52. The fraction of sp³-hybridized carbons (Fsp3) is 0.179. The average Bonchev–Trinajstić information content (AvgIpc) is 3.16. The van der Waals surface area contributed by atoms with Gasteiger partial charge in [-0.3, -0.25) is 19.3 Å². The first-order valence-corrected chi connectivity index (χ1v) is 13.5. The number of hydrogen-bond acceptors (Lipinski definition) is 6. The number of imide groups is 1. The molecular weight excluding hydrogens is 603 g/mol. The molecule has 1 aliphatic rings. The van der Waals surface area contributed by atoms with Gasteiger partial charge in [-0.25, -0.2) is 0 Å². The lowest BCUT2D eigenvalue weighted by Crippen LogP contribution is -2.36. The molecule has 1 saturated heterocycles. The summed E-state index contributed by atoms with van der Waals surface area (Å²) >= 11 is 2.96. The maximum Gasteiger partial charge on any atom is 0.294 e. The van der Waals surface area contributed by atoms with E-state index in [-0.39, 0.29) is 11.4 Å². The molecule has 3 aromatic carbocycles. The van der Waals surface area contributed by atoms with E-state index >= 15 is 0 Å². The lowest BCUT2D eigenvalue weighted by Gasteiger charge is -2.14. The Hall–Kier alpha value is -3.31. The number of ether oxygens (including phenoxy) is 2. The second-order valence-corrected chi connectivity index (χ2v) is 10.3. The van der Waals surface area contributed by atoms with Crippen LogP contribution in [0.1, 0.15) is 23.6 Å². The number of thioether (sulfide) groups is 1. The minimum absolute atomic E-state index is 0.237. The molecule has 1 N–H and O–H groups in total. The van der Waals surface area contributed by atoms with Gasteiger partial charge in [-0.1, -0.05) is 49.4 Å². The zero-order valence-electron chi connectivity index (χ0n) is 20.3. The Morgan fingerprint density at radius 2 is 1.78 bits per heavy atom. The van der Waals surface area contributed by atoms with Crippen LogP contribution in [0.2, 0.25) is 0 Å². The Labute approximate surface area is 233 Å². The van der Waals surface area contributed by atoms with Crippen molar-refractivity contribution in [2.45, 2.75) is 20.0 Å². The van der Waals surface area contributed by atoms with E-state index in [1.165, 1.54) is 0 Å². The first-order valence-electron chi connectivity index (χ1n) is 11.6. The molecule has 0 bridgehead atoms. The number of halogens is 1. The first kappa shape index (κ1) is 26.7. The van der Waals surface area contributed by atoms with Gasteiger partial charge in [-0.15, -0.1) is 0 Å². The molecule has 37 heavy (non-hydrogen) atoms. The van der Waals surface area contributed by atoms with Gasteiger partial charge in [0, 0.05) is 5.69 Å². The maximum atomic E-state index is 12.9. The fourth-order valence-corrected chi connectivity index (χ4v) is 5.27. The second-order valence-electron chi connectivity index (χ2n) is 8.17. The summed E-state index contributed by atoms with van der Waals surface area (Å²) in [4.78, 5) is 39.1. The number of hydrogen-bond donors (Lipinski definition) is 1. The van der Waals surface area contributed by atoms with Crippen molar-refractivity contribution in [1.29, 1.82) is 0 Å². The topological polar surface area (TPSA) is 84.9 Å². The summed E-state index contributed by atoms with van der Waals surface area (Å²) in [6, 6.07) is 20.8. The Bertz CT molecular complexity index is 1340. The summed E-state index contributed by atoms with van der Waals surface area (Å²) in [5.74, 6) is 0.163. The number of nitrogens with zero attached hydrogens (tertiary/aromatic N) is 1. The lowest BCUT2D eigenvalue weighted by atomic mass is 10.1. The number of carbonyl (C=O) groups excluding carboxylic acids is 3. The number of amides is 3. The molecule has 1 fully saturated rings. The quantitative estimate of drug-likeness (QED) is 0.227. The highest BCUT2D eigenvalue weighted by molar-refractivity contribution is 14.1. The van der Waals surface area contributed by atoms with Crippen LogP contribution in [0.15, 0.2) is 71.6 Å². The fourth-order valence-electron chi connectivity index (χ4n) is 3.65. The van der Waals surface area contributed by atoms with Gasteiger partial charge in [-0.2, -0.15) is 0 Å². The number of anilines is 1. The number of nitrogens with one attached hydrogen (secondary N) is 1. The highest BCUT2D eigenvalue weighted by Crippen LogP contribution is 2.37. The Morgan fingerprint density at radius 3 is 2.46 bits per heavy atom. The molecule has 7 nitrogen and oxygen atoms in total. The SMILES string of the molecule is CCc1ccc(NC(=O)CN2C(=O)S/C(=C/c3cc(I)c(OCc4ccccc4)c(OC)c3)C2=O)cc1. The monoisotopic (exact) mass is 628 g/mol. The van der Waals surface area contributed by atoms with E-state index in [9.17, 15) is 14.4 Å². The Morgan fingerprint density at radius 1 is 1.05 bits per heavy atom. The van der Waals surface area contributed by atoms with E-state index in [4.69, 9.17) is 9.47 Å². The Balaban J connectivity index is 1.45. The number of aryl methyl sites for hydroxylation is 1. The maximum absolute atomic E-state index is 12.9. The van der Waals surface area contributed by atoms with Crippen LogP contribution in [0.4, 0.5) is 10.5 Å². The zero-order valence-corrected chi connectivity index (χ0v) is 23.3. The van der Waals surface area contributed by atoms with Crippen LogP contribution in [0, 0.1) is 3.57 Å². The van der Waals surface area contributed by atoms with Gasteiger partial charge < -0.3 is 14.8 Å². The van der Waals surface area contributed by atoms with Crippen molar-refractivity contribution in [3.63, 3.8) is 0 Å². The zero-order chi connectivity index (χ0) is 26.4. The standard InChI is InChI=1S/C28H25IN2O5S/c1-3-18-9-11-21(12-10-18)30-25(32)16-31-27(33)24(37-28(31)34)15-20-13-22(29)26(23(14-20)35-2)36-17-19-7-5-4-6-8-19/h4-15H,3,16-17H2,1-2H3,(H,30,32)/b24-15+. The summed E-state index contributed by atoms with van der Waals surface area (Å²) in [5, 5.41) is 2.24. The molecule has 0 radical (unpaired) electrons. The predicted molar refractivity (Wildman–Crippen MR) is 154 cm³/mol. The van der Waals surface area contributed by atoms with E-state index in [0.29, 0.717) is 29.4 Å². The smallest absolute Gasteiger partial charge is 0.294 e. The largest absolute Gasteiger partial charge is 0.493 e. The molecule has 3 amide bonds. The van der Waals surface area contributed by atoms with Crippen LogP contribution in [0.25, 0.3) is 6.08 Å². The van der Waals surface area contributed by atoms with Crippen molar-refractivity contribution in [3.8, 4) is 11.5 Å². The van der Waals surface area contributed by atoms with Crippen LogP contribution in [0.3, 0.4) is 0 Å². The van der Waals surface area contributed by atoms with Crippen LogP contribution >= 0.6 is 34.4 Å². The second kappa shape index (κ2) is 12.3. The number of benzene rings is 3. The summed E-state index contributed by atoms with van der Waals surface area (Å²) in [6.45, 7) is 2.08. The third kappa shape index (κ3) is 6.72. The normalized spacial score (nSPS) is 14.2. The molecular formula is C28H25IN2O5S. The van der Waals surface area contributed by atoms with Gasteiger partial charge >= 0.3 is 0 Å². The molecule has 3 aromatic rings. The molecule has 0 unspecified atom stereocenters. The molecule has 1 heterocycles. The van der Waals surface area contributed by atoms with Gasteiger partial charge in [-0.05, 0) is 87.8 Å². The molecule has 0 saturated carbocycles. The number of rotatable bonds is 9. The molecule has 0 aromatic heterocycles. The minimum atomic E-state index is -0.509. The molecule has 0 atom stereocenters. The van der Waals surface area contributed by atoms with E-state index in [0.717, 1.165) is 37.8 Å². The van der Waals surface area contributed by atoms with Crippen LogP contribution in [-0.2, 0) is 22.6 Å². The average molecular weight is 628 g/mol. The van der Waals surface area contributed by atoms with Crippen molar-refractivity contribution >= 4 is 63.2 Å². The van der Waals surface area contributed by atoms with Gasteiger partial charge in [0.1, 0.15) is 13.2 Å². The minimum Gasteiger partial charge on any atom is -0.493 e. The van der Waals surface area contributed by atoms with Crippen LogP contribution < -0.4 is 14.8 Å². The summed E-state index contributed by atoms with van der Waals surface area (Å²) in [5.41, 5.74) is 3.47. The van der Waals surface area contributed by atoms with E-state index in [2.05, 4.69) is 27.9 Å². The van der Waals surface area contributed by atoms with Crippen molar-refractivity contribution in [3.05, 3.63) is 91.9 Å². The molecule has 9 heteroatoms. The molecule has 0 aliphatic carbocycles. The molecule has 190 valence electrons. The summed E-state index contributed by atoms with van der Waals surface area (Å²) in [7, 11) is 1.55. The summed E-state index contributed by atoms with van der Waals surface area (Å²) < 4.78 is 12.3. The lowest BCUT2D eigenvalue weighted by molar-refractivity contribution is -0.127. The van der Waals surface area contributed by atoms with Gasteiger partial charge in [0.05, 0.1) is 15.6 Å². The third-order valence-corrected chi connectivity index (χ3v) is 7.31. The van der Waals surface area contributed by atoms with Crippen molar-refractivity contribution < 1.29 is 23.9 Å². The van der Waals surface area contributed by atoms with Crippen molar-refractivity contribution in [1.82, 2.24) is 4.90 Å².